The van der Waals surface area contributed by atoms with E-state index in [-0.39, 0.29) is 17.9 Å². The molecule has 21 heavy (non-hydrogen) atoms. The normalized spacial score (nSPS) is 13.9. The highest BCUT2D eigenvalue weighted by Crippen LogP contribution is 2.19. The van der Waals surface area contributed by atoms with Crippen LogP contribution < -0.4 is 5.32 Å². The summed E-state index contributed by atoms with van der Waals surface area (Å²) in [7, 11) is 0. The second-order valence-electron chi connectivity index (χ2n) is 5.48. The standard InChI is InChI=1S/C18H21F2N/c1-13(8-9-15-6-4-3-5-7-15)21-14(2)17-12-16(19)10-11-18(17)20/h3-7,10-14,21H,8-9H2,1-2H3. The maximum absolute atomic E-state index is 13.7. The molecule has 1 N–H and O–H groups in total. The minimum absolute atomic E-state index is 0.216. The number of aryl methyl sites for hydroxylation is 1. The van der Waals surface area contributed by atoms with Gasteiger partial charge in [0.15, 0.2) is 0 Å². The fourth-order valence-corrected chi connectivity index (χ4v) is 2.47. The van der Waals surface area contributed by atoms with Crippen molar-refractivity contribution >= 4 is 0 Å². The van der Waals surface area contributed by atoms with E-state index < -0.39 is 5.82 Å². The molecule has 3 heteroatoms. The molecular weight excluding hydrogens is 268 g/mol. The highest BCUT2D eigenvalue weighted by atomic mass is 19.1. The van der Waals surface area contributed by atoms with Crippen LogP contribution in [0.15, 0.2) is 48.5 Å². The van der Waals surface area contributed by atoms with Gasteiger partial charge >= 0.3 is 0 Å². The summed E-state index contributed by atoms with van der Waals surface area (Å²) in [5.41, 5.74) is 1.66. The van der Waals surface area contributed by atoms with Crippen LogP contribution in [0.25, 0.3) is 0 Å². The molecule has 2 rings (SSSR count). The Labute approximate surface area is 125 Å². The van der Waals surface area contributed by atoms with Gasteiger partial charge in [0.1, 0.15) is 11.6 Å². The van der Waals surface area contributed by atoms with Crippen molar-refractivity contribution in [2.75, 3.05) is 0 Å². The third-order valence-corrected chi connectivity index (χ3v) is 3.67. The van der Waals surface area contributed by atoms with Crippen LogP contribution >= 0.6 is 0 Å². The molecule has 2 aromatic carbocycles. The molecule has 0 heterocycles. The van der Waals surface area contributed by atoms with Crippen molar-refractivity contribution in [3.8, 4) is 0 Å². The average molecular weight is 289 g/mol. The summed E-state index contributed by atoms with van der Waals surface area (Å²) < 4.78 is 26.9. The predicted molar refractivity (Wildman–Crippen MR) is 82.1 cm³/mol. The molecule has 0 bridgehead atoms. The van der Waals surface area contributed by atoms with Gasteiger partial charge in [0.05, 0.1) is 0 Å². The molecule has 0 aliphatic rings. The molecule has 112 valence electrons. The molecule has 2 atom stereocenters. The van der Waals surface area contributed by atoms with E-state index in [1.807, 2.05) is 25.1 Å². The fourth-order valence-electron chi connectivity index (χ4n) is 2.47. The Kier molecular flexibility index (Phi) is 5.45. The van der Waals surface area contributed by atoms with Gasteiger partial charge in [-0.1, -0.05) is 30.3 Å². The lowest BCUT2D eigenvalue weighted by Crippen LogP contribution is -2.30. The second kappa shape index (κ2) is 7.32. The third-order valence-electron chi connectivity index (χ3n) is 3.67. The first-order valence-electron chi connectivity index (χ1n) is 7.31. The quantitative estimate of drug-likeness (QED) is 0.817. The molecule has 0 saturated carbocycles. The summed E-state index contributed by atoms with van der Waals surface area (Å²) in [6.45, 7) is 3.92. The monoisotopic (exact) mass is 289 g/mol. The molecule has 1 nitrogen and oxygen atoms in total. The van der Waals surface area contributed by atoms with Crippen LogP contribution in [0, 0.1) is 11.6 Å². The van der Waals surface area contributed by atoms with Crippen molar-refractivity contribution in [1.82, 2.24) is 5.32 Å². The molecule has 0 aliphatic heterocycles. The van der Waals surface area contributed by atoms with Gasteiger partial charge in [-0.25, -0.2) is 8.78 Å². The number of benzene rings is 2. The van der Waals surface area contributed by atoms with E-state index in [0.717, 1.165) is 18.9 Å². The van der Waals surface area contributed by atoms with Crippen LogP contribution in [0.4, 0.5) is 8.78 Å². The van der Waals surface area contributed by atoms with E-state index in [1.54, 1.807) is 0 Å². The number of hydrogen-bond acceptors (Lipinski definition) is 1. The Hall–Kier alpha value is -1.74. The maximum atomic E-state index is 13.7. The van der Waals surface area contributed by atoms with Crippen LogP contribution in [0.2, 0.25) is 0 Å². The minimum Gasteiger partial charge on any atom is -0.308 e. The first-order chi connectivity index (χ1) is 10.1. The van der Waals surface area contributed by atoms with Crippen LogP contribution in [0.3, 0.4) is 0 Å². The third kappa shape index (κ3) is 4.64. The van der Waals surface area contributed by atoms with Crippen LogP contribution in [0.5, 0.6) is 0 Å². The first-order valence-corrected chi connectivity index (χ1v) is 7.31. The Morgan fingerprint density at radius 2 is 1.71 bits per heavy atom. The van der Waals surface area contributed by atoms with Crippen LogP contribution in [-0.4, -0.2) is 6.04 Å². The number of nitrogens with one attached hydrogen (secondary N) is 1. The summed E-state index contributed by atoms with van der Waals surface area (Å²) >= 11 is 0. The lowest BCUT2D eigenvalue weighted by atomic mass is 10.0. The van der Waals surface area contributed by atoms with E-state index in [4.69, 9.17) is 0 Å². The highest BCUT2D eigenvalue weighted by Gasteiger charge is 2.14. The fraction of sp³-hybridized carbons (Fsp3) is 0.333. The van der Waals surface area contributed by atoms with Gasteiger partial charge < -0.3 is 5.32 Å². The molecule has 0 fully saturated rings. The average Bonchev–Trinajstić information content (AvgIpc) is 2.48. The molecule has 2 unspecified atom stereocenters. The van der Waals surface area contributed by atoms with Crippen LogP contribution in [-0.2, 0) is 6.42 Å². The minimum atomic E-state index is -0.406. The van der Waals surface area contributed by atoms with Gasteiger partial charge in [0.2, 0.25) is 0 Å². The number of hydrogen-bond donors (Lipinski definition) is 1. The molecular formula is C18H21F2N. The molecule has 0 saturated heterocycles. The lowest BCUT2D eigenvalue weighted by Gasteiger charge is -2.21. The highest BCUT2D eigenvalue weighted by molar-refractivity contribution is 5.22. The summed E-state index contributed by atoms with van der Waals surface area (Å²) in [5.74, 6) is -0.774. The number of halogens is 2. The lowest BCUT2D eigenvalue weighted by molar-refractivity contribution is 0.441. The van der Waals surface area contributed by atoms with E-state index in [1.165, 1.54) is 17.7 Å². The van der Waals surface area contributed by atoms with Gasteiger partial charge in [0.25, 0.3) is 0 Å². The van der Waals surface area contributed by atoms with Gasteiger partial charge in [-0.3, -0.25) is 0 Å². The number of rotatable bonds is 6. The Bertz CT molecular complexity index is 569. The molecule has 0 spiro atoms. The van der Waals surface area contributed by atoms with Gasteiger partial charge in [-0.05, 0) is 50.5 Å². The second-order valence-corrected chi connectivity index (χ2v) is 5.48. The zero-order valence-corrected chi connectivity index (χ0v) is 12.4. The molecule has 0 amide bonds. The van der Waals surface area contributed by atoms with Gasteiger partial charge in [-0.2, -0.15) is 0 Å². The Balaban J connectivity index is 1.90. The maximum Gasteiger partial charge on any atom is 0.128 e. The van der Waals surface area contributed by atoms with E-state index >= 15 is 0 Å². The van der Waals surface area contributed by atoms with Gasteiger partial charge in [0, 0.05) is 17.6 Å². The Morgan fingerprint density at radius 1 is 1.00 bits per heavy atom. The molecule has 2 aromatic rings. The molecule has 0 aromatic heterocycles. The van der Waals surface area contributed by atoms with E-state index in [0.29, 0.717) is 5.56 Å². The Morgan fingerprint density at radius 3 is 2.43 bits per heavy atom. The molecule has 0 radical (unpaired) electrons. The van der Waals surface area contributed by atoms with Crippen molar-refractivity contribution in [3.05, 3.63) is 71.3 Å². The van der Waals surface area contributed by atoms with E-state index in [2.05, 4.69) is 24.4 Å². The van der Waals surface area contributed by atoms with Crippen molar-refractivity contribution in [1.29, 1.82) is 0 Å². The van der Waals surface area contributed by atoms with Crippen LogP contribution in [0.1, 0.15) is 37.4 Å². The smallest absolute Gasteiger partial charge is 0.128 e. The topological polar surface area (TPSA) is 12.0 Å². The van der Waals surface area contributed by atoms with Crippen molar-refractivity contribution < 1.29 is 8.78 Å². The zero-order chi connectivity index (χ0) is 15.2. The van der Waals surface area contributed by atoms with Gasteiger partial charge in [-0.15, -0.1) is 0 Å². The first kappa shape index (κ1) is 15.6. The largest absolute Gasteiger partial charge is 0.308 e. The van der Waals surface area contributed by atoms with Crippen molar-refractivity contribution in [2.45, 2.75) is 38.8 Å². The zero-order valence-electron chi connectivity index (χ0n) is 12.4. The summed E-state index contributed by atoms with van der Waals surface area (Å²) in [4.78, 5) is 0. The van der Waals surface area contributed by atoms with Crippen molar-refractivity contribution in [2.24, 2.45) is 0 Å². The SMILES string of the molecule is CC(CCc1ccccc1)NC(C)c1cc(F)ccc1F. The summed E-state index contributed by atoms with van der Waals surface area (Å²) in [6, 6.07) is 13.8. The predicted octanol–water partition coefficient (Wildman–Crippen LogP) is 4.64. The van der Waals surface area contributed by atoms with E-state index in [9.17, 15) is 8.78 Å². The molecule has 0 aliphatic carbocycles. The van der Waals surface area contributed by atoms with Crippen molar-refractivity contribution in [3.63, 3.8) is 0 Å². The summed E-state index contributed by atoms with van der Waals surface area (Å²) in [5, 5.41) is 3.33. The summed E-state index contributed by atoms with van der Waals surface area (Å²) in [6.07, 6.45) is 1.92.